The molecule has 2 aromatic rings. The minimum absolute atomic E-state index is 0.490. The highest BCUT2D eigenvalue weighted by Gasteiger charge is 2.09. The Morgan fingerprint density at radius 3 is 2.55 bits per heavy atom. The van der Waals surface area contributed by atoms with Gasteiger partial charge in [0.1, 0.15) is 5.75 Å². The molecule has 0 aliphatic carbocycles. The number of halogens is 1. The van der Waals surface area contributed by atoms with Gasteiger partial charge in [-0.15, -0.1) is 0 Å². The Hall–Kier alpha value is -1.81. The minimum Gasteiger partial charge on any atom is -0.490 e. The van der Waals surface area contributed by atoms with Crippen LogP contribution in [0.2, 0.25) is 0 Å². The van der Waals surface area contributed by atoms with Crippen LogP contribution in [-0.4, -0.2) is 12.9 Å². The number of ether oxygens (including phenoxy) is 2. The molecule has 0 amide bonds. The van der Waals surface area contributed by atoms with E-state index in [1.54, 1.807) is 12.1 Å². The first kappa shape index (κ1) is 14.6. The van der Waals surface area contributed by atoms with Gasteiger partial charge in [-0.05, 0) is 36.8 Å². The number of hydrogen-bond acceptors (Lipinski definition) is 3. The first-order valence-electron chi connectivity index (χ1n) is 6.39. The van der Waals surface area contributed by atoms with Crippen molar-refractivity contribution in [3.05, 3.63) is 52.5 Å². The van der Waals surface area contributed by atoms with E-state index in [9.17, 15) is 4.79 Å². The van der Waals surface area contributed by atoms with Crippen molar-refractivity contribution in [3.8, 4) is 17.2 Å². The number of benzene rings is 2. The van der Waals surface area contributed by atoms with Crippen molar-refractivity contribution in [1.29, 1.82) is 0 Å². The second-order valence-electron chi connectivity index (χ2n) is 4.20. The summed E-state index contributed by atoms with van der Waals surface area (Å²) in [5, 5.41) is 0. The highest BCUT2D eigenvalue weighted by Crippen LogP contribution is 2.33. The smallest absolute Gasteiger partial charge is 0.169 e. The fourth-order valence-electron chi connectivity index (χ4n) is 1.69. The summed E-state index contributed by atoms with van der Waals surface area (Å²) in [6.07, 6.45) is 1.70. The molecule has 20 heavy (non-hydrogen) atoms. The van der Waals surface area contributed by atoms with Gasteiger partial charge in [0.15, 0.2) is 17.8 Å². The van der Waals surface area contributed by atoms with Crippen LogP contribution in [0.3, 0.4) is 0 Å². The Kier molecular flexibility index (Phi) is 5.18. The number of aldehydes is 1. The van der Waals surface area contributed by atoms with Gasteiger partial charge in [-0.25, -0.2) is 0 Å². The monoisotopic (exact) mass is 334 g/mol. The predicted octanol–water partition coefficient (Wildman–Crippen LogP) is 4.84. The standard InChI is InChI=1S/C16H15BrO3/c1-2-9-19-15-5-3-4-6-16(15)20-14-8-7-13(17)10-12(14)11-18/h3-8,10-11H,2,9H2,1H3. The Balaban J connectivity index is 2.28. The topological polar surface area (TPSA) is 35.5 Å². The van der Waals surface area contributed by atoms with E-state index in [-0.39, 0.29) is 0 Å². The van der Waals surface area contributed by atoms with Crippen LogP contribution < -0.4 is 9.47 Å². The molecule has 0 atom stereocenters. The van der Waals surface area contributed by atoms with Crippen molar-refractivity contribution in [2.24, 2.45) is 0 Å². The molecule has 0 spiro atoms. The molecule has 0 aliphatic rings. The lowest BCUT2D eigenvalue weighted by Gasteiger charge is -2.13. The summed E-state index contributed by atoms with van der Waals surface area (Å²) in [6.45, 7) is 2.67. The van der Waals surface area contributed by atoms with Crippen LogP contribution in [0.25, 0.3) is 0 Å². The molecule has 104 valence electrons. The van der Waals surface area contributed by atoms with Gasteiger partial charge in [0.25, 0.3) is 0 Å². The second kappa shape index (κ2) is 7.10. The Labute approximate surface area is 126 Å². The molecule has 0 saturated carbocycles. The van der Waals surface area contributed by atoms with Gasteiger partial charge in [-0.3, -0.25) is 4.79 Å². The summed E-state index contributed by atoms with van der Waals surface area (Å²) in [5.41, 5.74) is 0.490. The van der Waals surface area contributed by atoms with Gasteiger partial charge in [0.05, 0.1) is 12.2 Å². The lowest BCUT2D eigenvalue weighted by Crippen LogP contribution is -1.98. The zero-order valence-electron chi connectivity index (χ0n) is 11.1. The van der Waals surface area contributed by atoms with Crippen molar-refractivity contribution in [2.75, 3.05) is 6.61 Å². The molecule has 2 rings (SSSR count). The third-order valence-corrected chi connectivity index (χ3v) is 3.12. The van der Waals surface area contributed by atoms with Gasteiger partial charge in [0, 0.05) is 4.47 Å². The highest BCUT2D eigenvalue weighted by molar-refractivity contribution is 9.10. The Morgan fingerprint density at radius 1 is 1.10 bits per heavy atom. The van der Waals surface area contributed by atoms with Crippen LogP contribution in [0.1, 0.15) is 23.7 Å². The van der Waals surface area contributed by atoms with Gasteiger partial charge in [-0.1, -0.05) is 35.0 Å². The summed E-state index contributed by atoms with van der Waals surface area (Å²) >= 11 is 3.33. The molecular weight excluding hydrogens is 320 g/mol. The number of hydrogen-bond donors (Lipinski definition) is 0. The third kappa shape index (κ3) is 3.61. The van der Waals surface area contributed by atoms with E-state index in [4.69, 9.17) is 9.47 Å². The van der Waals surface area contributed by atoms with Gasteiger partial charge in [0.2, 0.25) is 0 Å². The lowest BCUT2D eigenvalue weighted by molar-refractivity contribution is 0.112. The van der Waals surface area contributed by atoms with Gasteiger partial charge < -0.3 is 9.47 Å². The number of carbonyl (C=O) groups is 1. The fraction of sp³-hybridized carbons (Fsp3) is 0.188. The molecule has 0 aromatic heterocycles. The molecule has 0 radical (unpaired) electrons. The number of rotatable bonds is 6. The van der Waals surface area contributed by atoms with Crippen LogP contribution >= 0.6 is 15.9 Å². The molecule has 0 saturated heterocycles. The van der Waals surface area contributed by atoms with Gasteiger partial charge >= 0.3 is 0 Å². The van der Waals surface area contributed by atoms with E-state index in [0.717, 1.165) is 17.2 Å². The normalized spacial score (nSPS) is 10.1. The average Bonchev–Trinajstić information content (AvgIpc) is 2.48. The van der Waals surface area contributed by atoms with Crippen LogP contribution in [-0.2, 0) is 0 Å². The zero-order valence-corrected chi connectivity index (χ0v) is 12.7. The maximum atomic E-state index is 11.1. The molecule has 4 heteroatoms. The Bertz CT molecular complexity index is 596. The average molecular weight is 335 g/mol. The predicted molar refractivity (Wildman–Crippen MR) is 81.8 cm³/mol. The van der Waals surface area contributed by atoms with Crippen LogP contribution in [0.5, 0.6) is 17.2 Å². The molecule has 0 heterocycles. The van der Waals surface area contributed by atoms with Crippen molar-refractivity contribution >= 4 is 22.2 Å². The SMILES string of the molecule is CCCOc1ccccc1Oc1ccc(Br)cc1C=O. The first-order valence-corrected chi connectivity index (χ1v) is 7.18. The van der Waals surface area contributed by atoms with Crippen molar-refractivity contribution in [1.82, 2.24) is 0 Å². The van der Waals surface area contributed by atoms with Crippen LogP contribution in [0.4, 0.5) is 0 Å². The summed E-state index contributed by atoms with van der Waals surface area (Å²) in [4.78, 5) is 11.1. The van der Waals surface area contributed by atoms with E-state index in [2.05, 4.69) is 15.9 Å². The van der Waals surface area contributed by atoms with E-state index in [1.807, 2.05) is 37.3 Å². The molecule has 0 unspecified atom stereocenters. The first-order chi connectivity index (χ1) is 9.74. The molecule has 0 fully saturated rings. The number of carbonyl (C=O) groups excluding carboxylic acids is 1. The maximum absolute atomic E-state index is 11.1. The minimum atomic E-state index is 0.490. The molecule has 0 N–H and O–H groups in total. The summed E-state index contributed by atoms with van der Waals surface area (Å²) in [6, 6.07) is 12.7. The van der Waals surface area contributed by atoms with E-state index < -0.39 is 0 Å². The third-order valence-electron chi connectivity index (χ3n) is 2.63. The number of para-hydroxylation sites is 2. The van der Waals surface area contributed by atoms with E-state index >= 15 is 0 Å². The molecule has 3 nitrogen and oxygen atoms in total. The molecular formula is C16H15BrO3. The fourth-order valence-corrected chi connectivity index (χ4v) is 2.07. The zero-order chi connectivity index (χ0) is 14.4. The summed E-state index contributed by atoms with van der Waals surface area (Å²) in [5.74, 6) is 1.79. The van der Waals surface area contributed by atoms with Crippen molar-refractivity contribution < 1.29 is 14.3 Å². The van der Waals surface area contributed by atoms with E-state index in [0.29, 0.717) is 29.4 Å². The summed E-state index contributed by atoms with van der Waals surface area (Å²) < 4.78 is 12.3. The maximum Gasteiger partial charge on any atom is 0.169 e. The molecule has 2 aromatic carbocycles. The van der Waals surface area contributed by atoms with Crippen LogP contribution in [0, 0.1) is 0 Å². The lowest BCUT2D eigenvalue weighted by atomic mass is 10.2. The van der Waals surface area contributed by atoms with Gasteiger partial charge in [-0.2, -0.15) is 0 Å². The summed E-state index contributed by atoms with van der Waals surface area (Å²) in [7, 11) is 0. The largest absolute Gasteiger partial charge is 0.490 e. The Morgan fingerprint density at radius 2 is 1.85 bits per heavy atom. The highest BCUT2D eigenvalue weighted by atomic mass is 79.9. The second-order valence-corrected chi connectivity index (χ2v) is 5.11. The molecule has 0 aliphatic heterocycles. The van der Waals surface area contributed by atoms with Crippen molar-refractivity contribution in [2.45, 2.75) is 13.3 Å². The van der Waals surface area contributed by atoms with Crippen molar-refractivity contribution in [3.63, 3.8) is 0 Å². The quantitative estimate of drug-likeness (QED) is 0.709. The van der Waals surface area contributed by atoms with E-state index in [1.165, 1.54) is 0 Å². The molecule has 0 bridgehead atoms. The van der Waals surface area contributed by atoms with Crippen LogP contribution in [0.15, 0.2) is 46.9 Å².